The zero-order valence-electron chi connectivity index (χ0n) is 21.1. The van der Waals surface area contributed by atoms with E-state index in [9.17, 15) is 24.3 Å². The van der Waals surface area contributed by atoms with E-state index in [1.54, 1.807) is 13.0 Å². The maximum absolute atomic E-state index is 13.7. The fraction of sp³-hybridized carbons (Fsp3) is 0.429. The monoisotopic (exact) mass is 631 g/mol. The van der Waals surface area contributed by atoms with Gasteiger partial charge in [-0.2, -0.15) is 0 Å². The molecule has 1 heterocycles. The first-order chi connectivity index (χ1) is 17.3. The molecule has 4 aliphatic rings. The second kappa shape index (κ2) is 8.76. The summed E-state index contributed by atoms with van der Waals surface area (Å²) in [6.45, 7) is 7.15. The summed E-state index contributed by atoms with van der Waals surface area (Å²) in [7, 11) is 1.43. The Bertz CT molecular complexity index is 1400. The lowest BCUT2D eigenvalue weighted by Crippen LogP contribution is -2.46. The third-order valence-electron chi connectivity index (χ3n) is 7.94. The number of halogens is 2. The van der Waals surface area contributed by atoms with Crippen LogP contribution in [0.4, 0.5) is 0 Å². The van der Waals surface area contributed by atoms with Gasteiger partial charge in [0.05, 0.1) is 23.4 Å². The number of hydrogen-bond acceptors (Lipinski definition) is 6. The molecule has 0 spiro atoms. The molecule has 4 atom stereocenters. The van der Waals surface area contributed by atoms with E-state index in [1.807, 2.05) is 26.8 Å². The van der Waals surface area contributed by atoms with Gasteiger partial charge in [0.1, 0.15) is 0 Å². The summed E-state index contributed by atoms with van der Waals surface area (Å²) < 4.78 is 6.27. The first kappa shape index (κ1) is 26.1. The highest BCUT2D eigenvalue weighted by Crippen LogP contribution is 2.58. The number of phenolic OH excluding ortho intramolecular Hbond substituents is 1. The molecule has 0 unspecified atom stereocenters. The number of amides is 2. The van der Waals surface area contributed by atoms with Crippen molar-refractivity contribution in [2.24, 2.45) is 17.8 Å². The van der Waals surface area contributed by atoms with Gasteiger partial charge < -0.3 is 9.84 Å². The number of allylic oxidation sites excluding steroid dienone is 6. The number of benzene rings is 1. The van der Waals surface area contributed by atoms with Crippen molar-refractivity contribution in [3.8, 4) is 11.5 Å². The van der Waals surface area contributed by atoms with Gasteiger partial charge in [-0.25, -0.2) is 0 Å². The predicted octanol–water partition coefficient (Wildman–Crippen LogP) is 5.15. The lowest BCUT2D eigenvalue weighted by molar-refractivity contribution is -0.145. The summed E-state index contributed by atoms with van der Waals surface area (Å²) in [6.07, 6.45) is 3.93. The van der Waals surface area contributed by atoms with E-state index in [1.165, 1.54) is 18.1 Å². The number of aromatic hydroxyl groups is 1. The first-order valence-electron chi connectivity index (χ1n) is 12.1. The van der Waals surface area contributed by atoms with Crippen LogP contribution in [0.5, 0.6) is 11.5 Å². The molecule has 1 aromatic rings. The minimum Gasteiger partial charge on any atom is -0.503 e. The SMILES string of the molecule is COc1cc([C@H]2C3=CC[C@@H]4C(=O)N(C(C)(C)C)C(=O)[C@@H]4[C@@H]3CC3=C2C(=O)C(C)=CC3=O)c(Br)c(Br)c1O. The van der Waals surface area contributed by atoms with Crippen molar-refractivity contribution >= 4 is 55.2 Å². The van der Waals surface area contributed by atoms with Crippen LogP contribution < -0.4 is 4.74 Å². The Balaban J connectivity index is 1.75. The number of ether oxygens (including phenoxy) is 1. The Hall–Kier alpha value is -2.52. The summed E-state index contributed by atoms with van der Waals surface area (Å²) in [6, 6.07) is 1.66. The highest BCUT2D eigenvalue weighted by molar-refractivity contribution is 9.13. The maximum Gasteiger partial charge on any atom is 0.234 e. The molecule has 0 saturated carbocycles. The van der Waals surface area contributed by atoms with Crippen LogP contribution in [0.2, 0.25) is 0 Å². The number of Topliss-reactive ketones (excluding diaryl/α,β-unsaturated/α-hetero) is 1. The highest BCUT2D eigenvalue weighted by Gasteiger charge is 2.58. The number of ketones is 2. The van der Waals surface area contributed by atoms with E-state index in [0.717, 1.165) is 5.57 Å². The summed E-state index contributed by atoms with van der Waals surface area (Å²) in [5.74, 6) is -2.96. The number of nitrogens with zero attached hydrogens (tertiary/aromatic N) is 1. The molecule has 0 bridgehead atoms. The van der Waals surface area contributed by atoms with Crippen molar-refractivity contribution < 1.29 is 29.0 Å². The van der Waals surface area contributed by atoms with Gasteiger partial charge >= 0.3 is 0 Å². The number of fused-ring (bicyclic) bond motifs is 3. The van der Waals surface area contributed by atoms with Gasteiger partial charge in [-0.3, -0.25) is 24.1 Å². The van der Waals surface area contributed by atoms with Crippen LogP contribution >= 0.6 is 31.9 Å². The van der Waals surface area contributed by atoms with Gasteiger partial charge in [0, 0.05) is 32.6 Å². The zero-order chi connectivity index (χ0) is 27.1. The van der Waals surface area contributed by atoms with Gasteiger partial charge in [0.2, 0.25) is 11.8 Å². The molecular weight excluding hydrogens is 606 g/mol. The lowest BCUT2D eigenvalue weighted by atomic mass is 9.59. The Labute approximate surface area is 231 Å². The van der Waals surface area contributed by atoms with Crippen LogP contribution in [0.25, 0.3) is 0 Å². The molecular formula is C28H27Br2NO6. The van der Waals surface area contributed by atoms with E-state index in [0.29, 0.717) is 37.6 Å². The number of hydrogen-bond donors (Lipinski definition) is 1. The number of carbonyl (C=O) groups excluding carboxylic acids is 4. The molecule has 0 radical (unpaired) electrons. The van der Waals surface area contributed by atoms with Gasteiger partial charge in [-0.15, -0.1) is 0 Å². The van der Waals surface area contributed by atoms with Gasteiger partial charge in [-0.1, -0.05) is 11.6 Å². The summed E-state index contributed by atoms with van der Waals surface area (Å²) in [5, 5.41) is 10.5. The molecule has 1 aliphatic heterocycles. The van der Waals surface area contributed by atoms with Crippen molar-refractivity contribution in [2.45, 2.75) is 52.0 Å². The van der Waals surface area contributed by atoms with Crippen LogP contribution in [0, 0.1) is 17.8 Å². The predicted molar refractivity (Wildman–Crippen MR) is 143 cm³/mol. The second-order valence-electron chi connectivity index (χ2n) is 11.1. The molecule has 0 aromatic heterocycles. The molecule has 1 saturated heterocycles. The van der Waals surface area contributed by atoms with Crippen LogP contribution in [-0.4, -0.2) is 46.0 Å². The number of methoxy groups -OCH3 is 1. The maximum atomic E-state index is 13.7. The number of likely N-dealkylation sites (tertiary alicyclic amines) is 1. The average Bonchev–Trinajstić information content (AvgIpc) is 3.10. The third kappa shape index (κ3) is 3.72. The van der Waals surface area contributed by atoms with Gasteiger partial charge in [0.15, 0.2) is 23.1 Å². The molecule has 1 aromatic carbocycles. The Morgan fingerprint density at radius 1 is 1.05 bits per heavy atom. The largest absolute Gasteiger partial charge is 0.503 e. The number of phenols is 1. The smallest absolute Gasteiger partial charge is 0.234 e. The summed E-state index contributed by atoms with van der Waals surface area (Å²) >= 11 is 6.99. The number of rotatable bonds is 2. The summed E-state index contributed by atoms with van der Waals surface area (Å²) in [5.41, 5.74) is 1.92. The topological polar surface area (TPSA) is 101 Å². The molecule has 3 aliphatic carbocycles. The normalized spacial score (nSPS) is 27.6. The van der Waals surface area contributed by atoms with E-state index < -0.39 is 29.2 Å². The average molecular weight is 633 g/mol. The third-order valence-corrected chi connectivity index (χ3v) is 10.1. The Kier molecular flexibility index (Phi) is 6.18. The minimum atomic E-state index is -0.668. The van der Waals surface area contributed by atoms with E-state index >= 15 is 0 Å². The molecule has 37 heavy (non-hydrogen) atoms. The van der Waals surface area contributed by atoms with Crippen molar-refractivity contribution in [3.05, 3.63) is 55.0 Å². The van der Waals surface area contributed by atoms with Crippen LogP contribution in [-0.2, 0) is 19.2 Å². The van der Waals surface area contributed by atoms with Crippen molar-refractivity contribution in [1.82, 2.24) is 4.90 Å². The number of carbonyl (C=O) groups is 4. The Morgan fingerprint density at radius 3 is 2.35 bits per heavy atom. The Morgan fingerprint density at radius 2 is 1.73 bits per heavy atom. The number of imide groups is 1. The molecule has 7 nitrogen and oxygen atoms in total. The van der Waals surface area contributed by atoms with Crippen LogP contribution in [0.15, 0.2) is 49.5 Å². The quantitative estimate of drug-likeness (QED) is 0.275. The van der Waals surface area contributed by atoms with Crippen molar-refractivity contribution in [3.63, 3.8) is 0 Å². The standard InChI is InChI=1S/C28H27Br2NO6/c1-11-8-17(32)15-9-14-12(6-7-13-20(14)27(36)31(26(13)35)28(2,3)4)19(21(15)24(11)33)16-10-18(37-5)25(34)23(30)22(16)29/h6,8,10,13-14,19-20,34H,7,9H2,1-5H3/t13-,14+,19+,20-/m0/s1. The van der Waals surface area contributed by atoms with E-state index in [2.05, 4.69) is 31.9 Å². The van der Waals surface area contributed by atoms with Crippen LogP contribution in [0.3, 0.4) is 0 Å². The molecule has 5 rings (SSSR count). The van der Waals surface area contributed by atoms with Gasteiger partial charge in [-0.05, 0) is 96.0 Å². The van der Waals surface area contributed by atoms with E-state index in [-0.39, 0.29) is 41.3 Å². The fourth-order valence-electron chi connectivity index (χ4n) is 6.36. The van der Waals surface area contributed by atoms with Crippen molar-refractivity contribution in [1.29, 1.82) is 0 Å². The molecule has 2 amide bonds. The summed E-state index contributed by atoms with van der Waals surface area (Å²) in [4.78, 5) is 55.3. The minimum absolute atomic E-state index is 0.100. The fourth-order valence-corrected chi connectivity index (χ4v) is 7.31. The second-order valence-corrected chi connectivity index (χ2v) is 12.6. The lowest BCUT2D eigenvalue weighted by Gasteiger charge is -2.42. The molecule has 194 valence electrons. The zero-order valence-corrected chi connectivity index (χ0v) is 24.3. The first-order valence-corrected chi connectivity index (χ1v) is 13.7. The van der Waals surface area contributed by atoms with Crippen LogP contribution in [0.1, 0.15) is 52.0 Å². The van der Waals surface area contributed by atoms with Gasteiger partial charge in [0.25, 0.3) is 0 Å². The highest BCUT2D eigenvalue weighted by atomic mass is 79.9. The molecule has 9 heteroatoms. The van der Waals surface area contributed by atoms with E-state index in [4.69, 9.17) is 4.74 Å². The molecule has 1 N–H and O–H groups in total. The van der Waals surface area contributed by atoms with Crippen molar-refractivity contribution in [2.75, 3.05) is 7.11 Å². The molecule has 1 fully saturated rings.